The van der Waals surface area contributed by atoms with Gasteiger partial charge in [-0.25, -0.2) is 4.79 Å². The smallest absolute Gasteiger partial charge is 0.410 e. The van der Waals surface area contributed by atoms with Crippen LogP contribution in [0.3, 0.4) is 0 Å². The van der Waals surface area contributed by atoms with Crippen LogP contribution in [0.1, 0.15) is 44.6 Å². The molecular formula is C18H27NO5. The average Bonchev–Trinajstić information content (AvgIpc) is 2.58. The van der Waals surface area contributed by atoms with Gasteiger partial charge in [-0.15, -0.1) is 0 Å². The van der Waals surface area contributed by atoms with Crippen LogP contribution in [0.2, 0.25) is 0 Å². The van der Waals surface area contributed by atoms with Crippen LogP contribution in [0.5, 0.6) is 0 Å². The van der Waals surface area contributed by atoms with Crippen molar-refractivity contribution in [1.82, 2.24) is 4.90 Å². The van der Waals surface area contributed by atoms with Gasteiger partial charge in [-0.2, -0.15) is 0 Å². The molecule has 1 aromatic rings. The number of carboxylic acids is 1. The van der Waals surface area contributed by atoms with Gasteiger partial charge in [0.05, 0.1) is 6.10 Å². The van der Waals surface area contributed by atoms with Gasteiger partial charge in [0, 0.05) is 19.5 Å². The molecule has 0 aromatic heterocycles. The number of carboxylic acid groups (broad SMARTS) is 1. The first-order valence-corrected chi connectivity index (χ1v) is 8.38. The van der Waals surface area contributed by atoms with E-state index in [-0.39, 0.29) is 19.6 Å². The minimum absolute atomic E-state index is 0.135. The summed E-state index contributed by atoms with van der Waals surface area (Å²) in [7, 11) is 0. The molecule has 1 aromatic carbocycles. The second-order valence-corrected chi connectivity index (χ2v) is 5.75. The third-order valence-electron chi connectivity index (χ3n) is 3.68. The molecule has 134 valence electrons. The van der Waals surface area contributed by atoms with E-state index in [1.54, 1.807) is 0 Å². The van der Waals surface area contributed by atoms with E-state index in [0.717, 1.165) is 12.0 Å². The number of hydrogen-bond acceptors (Lipinski definition) is 4. The van der Waals surface area contributed by atoms with E-state index < -0.39 is 18.2 Å². The van der Waals surface area contributed by atoms with Gasteiger partial charge in [-0.1, -0.05) is 43.7 Å². The van der Waals surface area contributed by atoms with E-state index in [1.165, 1.54) is 4.90 Å². The number of ether oxygens (including phenoxy) is 1. The van der Waals surface area contributed by atoms with E-state index in [2.05, 4.69) is 0 Å². The fourth-order valence-electron chi connectivity index (χ4n) is 2.21. The molecule has 0 aliphatic rings. The highest BCUT2D eigenvalue weighted by atomic mass is 16.6. The number of hydrogen-bond donors (Lipinski definition) is 2. The summed E-state index contributed by atoms with van der Waals surface area (Å²) in [6.45, 7) is 2.72. The summed E-state index contributed by atoms with van der Waals surface area (Å²) in [6, 6.07) is 9.41. The monoisotopic (exact) mass is 337 g/mol. The van der Waals surface area contributed by atoms with Gasteiger partial charge in [0.1, 0.15) is 6.61 Å². The van der Waals surface area contributed by atoms with Gasteiger partial charge >= 0.3 is 12.1 Å². The van der Waals surface area contributed by atoms with Crippen molar-refractivity contribution in [2.75, 3.05) is 13.1 Å². The summed E-state index contributed by atoms with van der Waals surface area (Å²) in [4.78, 5) is 24.2. The molecule has 1 unspecified atom stereocenters. The Bertz CT molecular complexity index is 491. The lowest BCUT2D eigenvalue weighted by Gasteiger charge is -2.24. The maximum atomic E-state index is 12.2. The average molecular weight is 337 g/mol. The second-order valence-electron chi connectivity index (χ2n) is 5.75. The van der Waals surface area contributed by atoms with Crippen LogP contribution >= 0.6 is 0 Å². The van der Waals surface area contributed by atoms with Crippen LogP contribution in [0, 0.1) is 0 Å². The maximum Gasteiger partial charge on any atom is 0.410 e. The van der Waals surface area contributed by atoms with Crippen molar-refractivity contribution in [3.05, 3.63) is 35.9 Å². The van der Waals surface area contributed by atoms with Crippen molar-refractivity contribution in [3.63, 3.8) is 0 Å². The predicted octanol–water partition coefficient (Wildman–Crippen LogP) is 3.04. The zero-order chi connectivity index (χ0) is 17.8. The normalized spacial score (nSPS) is 11.8. The first-order chi connectivity index (χ1) is 11.5. The third kappa shape index (κ3) is 8.53. The standard InChI is InChI=1S/C18H27NO5/c1-2-16(20)13-19(12-8-4-7-11-17(21)22)18(23)24-14-15-9-5-3-6-10-15/h3,5-6,9-10,16,20H,2,4,7-8,11-14H2,1H3,(H,21,22). The fourth-order valence-corrected chi connectivity index (χ4v) is 2.21. The molecule has 24 heavy (non-hydrogen) atoms. The first kappa shape index (κ1) is 20.0. The van der Waals surface area contributed by atoms with Gasteiger partial charge in [-0.05, 0) is 24.8 Å². The SMILES string of the molecule is CCC(O)CN(CCCCCC(=O)O)C(=O)OCc1ccccc1. The lowest BCUT2D eigenvalue weighted by atomic mass is 10.2. The molecule has 0 saturated carbocycles. The van der Waals surface area contributed by atoms with E-state index in [4.69, 9.17) is 9.84 Å². The Kier molecular flexibility index (Phi) is 9.53. The molecule has 6 heteroatoms. The predicted molar refractivity (Wildman–Crippen MR) is 90.6 cm³/mol. The van der Waals surface area contributed by atoms with Gasteiger partial charge in [0.15, 0.2) is 0 Å². The van der Waals surface area contributed by atoms with Crippen molar-refractivity contribution in [2.45, 2.75) is 51.7 Å². The lowest BCUT2D eigenvalue weighted by molar-refractivity contribution is -0.137. The Labute approximate surface area is 143 Å². The van der Waals surface area contributed by atoms with Gasteiger partial charge in [0.2, 0.25) is 0 Å². The Hall–Kier alpha value is -2.08. The van der Waals surface area contributed by atoms with Crippen LogP contribution in [-0.4, -0.2) is 46.4 Å². The molecule has 0 spiro atoms. The first-order valence-electron chi connectivity index (χ1n) is 8.38. The Morgan fingerprint density at radius 1 is 1.17 bits per heavy atom. The number of carbonyl (C=O) groups is 2. The molecule has 6 nitrogen and oxygen atoms in total. The number of carbonyl (C=O) groups excluding carboxylic acids is 1. The number of aliphatic carboxylic acids is 1. The van der Waals surface area contributed by atoms with Crippen LogP contribution in [0.15, 0.2) is 30.3 Å². The van der Waals surface area contributed by atoms with Crippen LogP contribution in [-0.2, 0) is 16.1 Å². The highest BCUT2D eigenvalue weighted by molar-refractivity contribution is 5.67. The maximum absolute atomic E-state index is 12.2. The minimum Gasteiger partial charge on any atom is -0.481 e. The summed E-state index contributed by atoms with van der Waals surface area (Å²) < 4.78 is 5.31. The molecule has 1 rings (SSSR count). The van der Waals surface area contributed by atoms with E-state index in [9.17, 15) is 14.7 Å². The van der Waals surface area contributed by atoms with Gasteiger partial charge in [0.25, 0.3) is 0 Å². The van der Waals surface area contributed by atoms with E-state index in [1.807, 2.05) is 37.3 Å². The number of aliphatic hydroxyl groups is 1. The number of nitrogens with zero attached hydrogens (tertiary/aromatic N) is 1. The summed E-state index contributed by atoms with van der Waals surface area (Å²) >= 11 is 0. The largest absolute Gasteiger partial charge is 0.481 e. The van der Waals surface area contributed by atoms with Crippen molar-refractivity contribution >= 4 is 12.1 Å². The number of amides is 1. The zero-order valence-electron chi connectivity index (χ0n) is 14.2. The van der Waals surface area contributed by atoms with E-state index >= 15 is 0 Å². The molecular weight excluding hydrogens is 310 g/mol. The quantitative estimate of drug-likeness (QED) is 0.606. The Morgan fingerprint density at radius 2 is 1.88 bits per heavy atom. The molecule has 1 atom stereocenters. The van der Waals surface area contributed by atoms with Crippen molar-refractivity contribution in [1.29, 1.82) is 0 Å². The molecule has 0 bridgehead atoms. The number of aliphatic hydroxyl groups excluding tert-OH is 1. The van der Waals surface area contributed by atoms with Crippen LogP contribution in [0.4, 0.5) is 4.79 Å². The Balaban J connectivity index is 2.44. The molecule has 2 N–H and O–H groups in total. The molecule has 1 amide bonds. The second kappa shape index (κ2) is 11.5. The topological polar surface area (TPSA) is 87.1 Å². The van der Waals surface area contributed by atoms with Crippen LogP contribution in [0.25, 0.3) is 0 Å². The van der Waals surface area contributed by atoms with Crippen LogP contribution < -0.4 is 0 Å². The van der Waals surface area contributed by atoms with E-state index in [0.29, 0.717) is 25.8 Å². The molecule has 0 aliphatic heterocycles. The molecule has 0 radical (unpaired) electrons. The minimum atomic E-state index is -0.810. The number of unbranched alkanes of at least 4 members (excludes halogenated alkanes) is 2. The molecule has 0 saturated heterocycles. The summed E-state index contributed by atoms with van der Waals surface area (Å²) in [5.41, 5.74) is 0.906. The summed E-state index contributed by atoms with van der Waals surface area (Å²) in [6.07, 6.45) is 1.63. The van der Waals surface area contributed by atoms with Crippen molar-refractivity contribution in [3.8, 4) is 0 Å². The van der Waals surface area contributed by atoms with Crippen molar-refractivity contribution in [2.24, 2.45) is 0 Å². The zero-order valence-corrected chi connectivity index (χ0v) is 14.2. The highest BCUT2D eigenvalue weighted by Crippen LogP contribution is 2.08. The third-order valence-corrected chi connectivity index (χ3v) is 3.68. The van der Waals surface area contributed by atoms with Crippen molar-refractivity contribution < 1.29 is 24.5 Å². The lowest BCUT2D eigenvalue weighted by Crippen LogP contribution is -2.38. The number of benzene rings is 1. The summed E-state index contributed by atoms with van der Waals surface area (Å²) in [5, 5.41) is 18.4. The summed E-state index contributed by atoms with van der Waals surface area (Å²) in [5.74, 6) is -0.810. The highest BCUT2D eigenvalue weighted by Gasteiger charge is 2.18. The Morgan fingerprint density at radius 3 is 2.50 bits per heavy atom. The van der Waals surface area contributed by atoms with Gasteiger partial charge < -0.3 is 19.8 Å². The molecule has 0 fully saturated rings. The molecule has 0 heterocycles. The number of rotatable bonds is 11. The van der Waals surface area contributed by atoms with Gasteiger partial charge in [-0.3, -0.25) is 4.79 Å². The fraction of sp³-hybridized carbons (Fsp3) is 0.556. The molecule has 0 aliphatic carbocycles.